The molecule has 0 unspecified atom stereocenters. The highest BCUT2D eigenvalue weighted by molar-refractivity contribution is 6.36. The number of hydrogen-bond acceptors (Lipinski definition) is 3. The average molecular weight is 311 g/mol. The second-order valence-electron chi connectivity index (χ2n) is 4.01. The van der Waals surface area contributed by atoms with Gasteiger partial charge in [0.2, 0.25) is 0 Å². The number of nitrogens with two attached hydrogens (primary N) is 1. The molecule has 0 aliphatic rings. The Labute approximate surface area is 126 Å². The number of carbonyl (C=O) groups is 1. The molecule has 0 saturated carbocycles. The SMILES string of the molecule is COc1c(N)cccc1C(=O)Nc1ccc(Cl)cc1Cl. The van der Waals surface area contributed by atoms with Gasteiger partial charge in [-0.05, 0) is 30.3 Å². The third-order valence-electron chi connectivity index (χ3n) is 2.67. The van der Waals surface area contributed by atoms with Crippen LogP contribution < -0.4 is 15.8 Å². The summed E-state index contributed by atoms with van der Waals surface area (Å²) in [5.74, 6) is -0.0338. The Kier molecular flexibility index (Phi) is 4.37. The summed E-state index contributed by atoms with van der Waals surface area (Å²) in [4.78, 5) is 12.2. The van der Waals surface area contributed by atoms with E-state index < -0.39 is 0 Å². The maximum absolute atomic E-state index is 12.2. The van der Waals surface area contributed by atoms with Crippen LogP contribution in [0.15, 0.2) is 36.4 Å². The molecule has 0 saturated heterocycles. The van der Waals surface area contributed by atoms with Gasteiger partial charge in [-0.2, -0.15) is 0 Å². The van der Waals surface area contributed by atoms with Crippen molar-refractivity contribution in [2.45, 2.75) is 0 Å². The van der Waals surface area contributed by atoms with Crippen LogP contribution in [0, 0.1) is 0 Å². The molecule has 0 heterocycles. The van der Waals surface area contributed by atoms with Gasteiger partial charge in [0.25, 0.3) is 5.91 Å². The van der Waals surface area contributed by atoms with Crippen molar-refractivity contribution in [2.24, 2.45) is 0 Å². The molecular formula is C14H12Cl2N2O2. The minimum absolute atomic E-state index is 0.329. The summed E-state index contributed by atoms with van der Waals surface area (Å²) < 4.78 is 5.14. The molecule has 0 bridgehead atoms. The van der Waals surface area contributed by atoms with Crippen LogP contribution in [0.4, 0.5) is 11.4 Å². The van der Waals surface area contributed by atoms with E-state index in [1.165, 1.54) is 7.11 Å². The first-order valence-electron chi connectivity index (χ1n) is 5.72. The Bertz CT molecular complexity index is 660. The van der Waals surface area contributed by atoms with Gasteiger partial charge in [-0.25, -0.2) is 0 Å². The third-order valence-corrected chi connectivity index (χ3v) is 3.22. The lowest BCUT2D eigenvalue weighted by Crippen LogP contribution is -2.14. The zero-order chi connectivity index (χ0) is 14.7. The summed E-state index contributed by atoms with van der Waals surface area (Å²) in [6, 6.07) is 9.77. The lowest BCUT2D eigenvalue weighted by Gasteiger charge is -2.12. The molecule has 4 nitrogen and oxygen atoms in total. The van der Waals surface area contributed by atoms with E-state index in [2.05, 4.69) is 5.32 Å². The zero-order valence-electron chi connectivity index (χ0n) is 10.6. The van der Waals surface area contributed by atoms with E-state index in [4.69, 9.17) is 33.7 Å². The van der Waals surface area contributed by atoms with Crippen LogP contribution in [0.25, 0.3) is 0 Å². The first-order chi connectivity index (χ1) is 9.52. The second-order valence-corrected chi connectivity index (χ2v) is 4.85. The number of anilines is 2. The number of halogens is 2. The Morgan fingerprint density at radius 3 is 2.65 bits per heavy atom. The summed E-state index contributed by atoms with van der Waals surface area (Å²) in [7, 11) is 1.46. The minimum Gasteiger partial charge on any atom is -0.494 e. The van der Waals surface area contributed by atoms with Gasteiger partial charge in [-0.15, -0.1) is 0 Å². The first kappa shape index (κ1) is 14.5. The molecule has 1 amide bonds. The minimum atomic E-state index is -0.363. The summed E-state index contributed by atoms with van der Waals surface area (Å²) in [5.41, 5.74) is 6.95. The van der Waals surface area contributed by atoms with Gasteiger partial charge in [-0.1, -0.05) is 29.3 Å². The van der Waals surface area contributed by atoms with Crippen molar-refractivity contribution >= 4 is 40.5 Å². The van der Waals surface area contributed by atoms with Crippen molar-refractivity contribution in [1.82, 2.24) is 0 Å². The second kappa shape index (κ2) is 6.03. The highest BCUT2D eigenvalue weighted by atomic mass is 35.5. The molecule has 0 aliphatic carbocycles. The molecule has 2 rings (SSSR count). The predicted octanol–water partition coefficient (Wildman–Crippen LogP) is 3.84. The van der Waals surface area contributed by atoms with Crippen LogP contribution in [-0.2, 0) is 0 Å². The van der Waals surface area contributed by atoms with E-state index >= 15 is 0 Å². The number of ether oxygens (including phenoxy) is 1. The van der Waals surface area contributed by atoms with Gasteiger partial charge in [0.05, 0.1) is 29.1 Å². The molecule has 0 aromatic heterocycles. The molecule has 0 aliphatic heterocycles. The van der Waals surface area contributed by atoms with Crippen molar-refractivity contribution in [3.8, 4) is 5.75 Å². The summed E-state index contributed by atoms with van der Waals surface area (Å²) in [5, 5.41) is 3.54. The van der Waals surface area contributed by atoms with E-state index in [1.807, 2.05) is 0 Å². The van der Waals surface area contributed by atoms with E-state index in [0.717, 1.165) is 0 Å². The van der Waals surface area contributed by atoms with Crippen molar-refractivity contribution in [3.05, 3.63) is 52.0 Å². The van der Waals surface area contributed by atoms with Crippen LogP contribution in [0.3, 0.4) is 0 Å². The molecule has 3 N–H and O–H groups in total. The number of carbonyl (C=O) groups excluding carboxylic acids is 1. The van der Waals surface area contributed by atoms with Gasteiger partial charge < -0.3 is 15.8 Å². The fraction of sp³-hybridized carbons (Fsp3) is 0.0714. The molecule has 0 fully saturated rings. The molecule has 0 spiro atoms. The average Bonchev–Trinajstić information content (AvgIpc) is 2.41. The van der Waals surface area contributed by atoms with Crippen molar-refractivity contribution in [1.29, 1.82) is 0 Å². The molecule has 2 aromatic carbocycles. The first-order valence-corrected chi connectivity index (χ1v) is 6.47. The Hall–Kier alpha value is -1.91. The number of rotatable bonds is 3. The lowest BCUT2D eigenvalue weighted by molar-refractivity contribution is 0.102. The molecule has 104 valence electrons. The van der Waals surface area contributed by atoms with Gasteiger partial charge in [0, 0.05) is 5.02 Å². The molecule has 6 heteroatoms. The number of para-hydroxylation sites is 1. The normalized spacial score (nSPS) is 10.2. The number of benzene rings is 2. The monoisotopic (exact) mass is 310 g/mol. The lowest BCUT2D eigenvalue weighted by atomic mass is 10.1. The maximum Gasteiger partial charge on any atom is 0.259 e. The van der Waals surface area contributed by atoms with Crippen LogP contribution >= 0.6 is 23.2 Å². The molecule has 0 radical (unpaired) electrons. The zero-order valence-corrected chi connectivity index (χ0v) is 12.1. The topological polar surface area (TPSA) is 64.3 Å². The van der Waals surface area contributed by atoms with E-state index in [1.54, 1.807) is 36.4 Å². The molecule has 2 aromatic rings. The molecular weight excluding hydrogens is 299 g/mol. The smallest absolute Gasteiger partial charge is 0.259 e. The maximum atomic E-state index is 12.2. The highest BCUT2D eigenvalue weighted by Gasteiger charge is 2.15. The van der Waals surface area contributed by atoms with Crippen molar-refractivity contribution in [2.75, 3.05) is 18.2 Å². The standard InChI is InChI=1S/C14H12Cl2N2O2/c1-20-13-9(3-2-4-11(13)17)14(19)18-12-6-5-8(15)7-10(12)16/h2-7H,17H2,1H3,(H,18,19). The van der Waals surface area contributed by atoms with Gasteiger partial charge in [0.1, 0.15) is 0 Å². The predicted molar refractivity (Wildman–Crippen MR) is 81.8 cm³/mol. The highest BCUT2D eigenvalue weighted by Crippen LogP contribution is 2.29. The van der Waals surface area contributed by atoms with Gasteiger partial charge >= 0.3 is 0 Å². The van der Waals surface area contributed by atoms with Gasteiger partial charge in [0.15, 0.2) is 5.75 Å². The van der Waals surface area contributed by atoms with Crippen LogP contribution in [0.1, 0.15) is 10.4 Å². The fourth-order valence-electron chi connectivity index (χ4n) is 1.74. The van der Waals surface area contributed by atoms with Crippen molar-refractivity contribution in [3.63, 3.8) is 0 Å². The summed E-state index contributed by atoms with van der Waals surface area (Å²) in [6.07, 6.45) is 0. The Morgan fingerprint density at radius 1 is 1.25 bits per heavy atom. The van der Waals surface area contributed by atoms with E-state index in [9.17, 15) is 4.79 Å². The largest absolute Gasteiger partial charge is 0.494 e. The quantitative estimate of drug-likeness (QED) is 0.847. The van der Waals surface area contributed by atoms with E-state index in [0.29, 0.717) is 32.7 Å². The molecule has 0 atom stereocenters. The number of nitrogen functional groups attached to an aromatic ring is 1. The fourth-order valence-corrected chi connectivity index (χ4v) is 2.20. The Morgan fingerprint density at radius 2 is 2.00 bits per heavy atom. The van der Waals surface area contributed by atoms with E-state index in [-0.39, 0.29) is 5.91 Å². The summed E-state index contributed by atoms with van der Waals surface area (Å²) in [6.45, 7) is 0. The van der Waals surface area contributed by atoms with Crippen LogP contribution in [-0.4, -0.2) is 13.0 Å². The van der Waals surface area contributed by atoms with Crippen LogP contribution in [0.5, 0.6) is 5.75 Å². The third kappa shape index (κ3) is 2.98. The number of hydrogen-bond donors (Lipinski definition) is 2. The Balaban J connectivity index is 2.31. The summed E-state index contributed by atoms with van der Waals surface area (Å²) >= 11 is 11.8. The number of amides is 1. The number of methoxy groups -OCH3 is 1. The van der Waals surface area contributed by atoms with Gasteiger partial charge in [-0.3, -0.25) is 4.79 Å². The molecule has 20 heavy (non-hydrogen) atoms. The number of nitrogens with one attached hydrogen (secondary N) is 1. The van der Waals surface area contributed by atoms with Crippen molar-refractivity contribution < 1.29 is 9.53 Å². The van der Waals surface area contributed by atoms with Crippen LogP contribution in [0.2, 0.25) is 10.0 Å².